The topological polar surface area (TPSA) is 75.9 Å². The summed E-state index contributed by atoms with van der Waals surface area (Å²) in [5.41, 5.74) is 4.38. The van der Waals surface area contributed by atoms with Gasteiger partial charge in [0, 0.05) is 50.3 Å². The molecule has 8 heteroatoms. The zero-order valence-corrected chi connectivity index (χ0v) is 18.6. The molecule has 3 aromatic rings. The number of amides is 1. The summed E-state index contributed by atoms with van der Waals surface area (Å²) in [6, 6.07) is 7.62. The summed E-state index contributed by atoms with van der Waals surface area (Å²) < 4.78 is 1.75. The Kier molecular flexibility index (Phi) is 6.63. The highest BCUT2D eigenvalue weighted by atomic mass is 35.5. The summed E-state index contributed by atoms with van der Waals surface area (Å²) in [7, 11) is 1.88. The van der Waals surface area contributed by atoms with Crippen molar-refractivity contribution in [2.24, 2.45) is 7.05 Å². The average Bonchev–Trinajstić information content (AvgIpc) is 3.09. The Morgan fingerprint density at radius 1 is 1.26 bits per heavy atom. The van der Waals surface area contributed by atoms with E-state index < -0.39 is 0 Å². The van der Waals surface area contributed by atoms with Gasteiger partial charge in [-0.1, -0.05) is 17.7 Å². The van der Waals surface area contributed by atoms with Gasteiger partial charge in [-0.25, -0.2) is 0 Å². The number of halogens is 1. The highest BCUT2D eigenvalue weighted by Crippen LogP contribution is 2.30. The molecule has 4 rings (SSSR count). The molecule has 4 heterocycles. The summed E-state index contributed by atoms with van der Waals surface area (Å²) in [6.07, 6.45) is 7.21. The van der Waals surface area contributed by atoms with Gasteiger partial charge in [-0.15, -0.1) is 0 Å². The third-order valence-corrected chi connectivity index (χ3v) is 6.00. The van der Waals surface area contributed by atoms with E-state index in [0.29, 0.717) is 17.1 Å². The van der Waals surface area contributed by atoms with E-state index in [2.05, 4.69) is 20.3 Å². The molecule has 0 aromatic carbocycles. The molecule has 1 N–H and O–H groups in total. The summed E-state index contributed by atoms with van der Waals surface area (Å²) in [5, 5.41) is 8.16. The summed E-state index contributed by atoms with van der Waals surface area (Å²) in [4.78, 5) is 24.2. The van der Waals surface area contributed by atoms with Crippen LogP contribution in [-0.2, 0) is 20.1 Å². The molecule has 0 bridgehead atoms. The van der Waals surface area contributed by atoms with Crippen LogP contribution in [0.4, 0.5) is 0 Å². The number of aryl methyl sites for hydroxylation is 2. The second kappa shape index (κ2) is 9.58. The fourth-order valence-corrected chi connectivity index (χ4v) is 4.29. The van der Waals surface area contributed by atoms with Gasteiger partial charge in [0.05, 0.1) is 22.0 Å². The average molecular weight is 439 g/mol. The maximum Gasteiger partial charge on any atom is 0.253 e. The van der Waals surface area contributed by atoms with Crippen molar-refractivity contribution in [2.75, 3.05) is 13.1 Å². The number of rotatable bonds is 6. The minimum atomic E-state index is -0.0888. The van der Waals surface area contributed by atoms with Gasteiger partial charge in [-0.2, -0.15) is 5.10 Å². The normalized spacial score (nSPS) is 15.2. The Morgan fingerprint density at radius 3 is 2.74 bits per heavy atom. The van der Waals surface area contributed by atoms with E-state index in [1.165, 1.54) is 0 Å². The van der Waals surface area contributed by atoms with Crippen molar-refractivity contribution in [3.63, 3.8) is 0 Å². The lowest BCUT2D eigenvalue weighted by Gasteiger charge is -2.32. The molecule has 0 atom stereocenters. The molecule has 162 valence electrons. The molecule has 7 nitrogen and oxygen atoms in total. The van der Waals surface area contributed by atoms with Crippen molar-refractivity contribution in [1.82, 2.24) is 30.0 Å². The standard InChI is InChI=1S/C23H27ClN6O/c1-16-5-6-19(23(31)26-13-17-4-3-9-25-12-17)22(27-16)18-7-10-30(11-8-18)15-21-20(24)14-29(2)28-21/h3-6,9,12,14,18H,7-8,10-11,13,15H2,1-2H3,(H,26,31). The Morgan fingerprint density at radius 2 is 2.06 bits per heavy atom. The number of carbonyl (C=O) groups excluding carboxylic acids is 1. The largest absolute Gasteiger partial charge is 0.348 e. The van der Waals surface area contributed by atoms with Gasteiger partial charge in [0.2, 0.25) is 0 Å². The van der Waals surface area contributed by atoms with Crippen molar-refractivity contribution < 1.29 is 4.79 Å². The van der Waals surface area contributed by atoms with Gasteiger partial charge < -0.3 is 5.32 Å². The van der Waals surface area contributed by atoms with E-state index in [0.717, 1.165) is 55.1 Å². The number of hydrogen-bond acceptors (Lipinski definition) is 5. The maximum atomic E-state index is 12.9. The third kappa shape index (κ3) is 5.29. The molecule has 0 spiro atoms. The molecule has 0 aliphatic carbocycles. The Bertz CT molecular complexity index is 1040. The molecule has 0 radical (unpaired) electrons. The minimum Gasteiger partial charge on any atom is -0.348 e. The highest BCUT2D eigenvalue weighted by Gasteiger charge is 2.26. The Hall–Kier alpha value is -2.77. The van der Waals surface area contributed by atoms with Crippen LogP contribution in [0.2, 0.25) is 5.02 Å². The van der Waals surface area contributed by atoms with E-state index in [4.69, 9.17) is 16.6 Å². The van der Waals surface area contributed by atoms with Gasteiger partial charge in [-0.05, 0) is 56.6 Å². The fraction of sp³-hybridized carbons (Fsp3) is 0.391. The van der Waals surface area contributed by atoms with E-state index in [-0.39, 0.29) is 11.8 Å². The SMILES string of the molecule is Cc1ccc(C(=O)NCc2cccnc2)c(C2CCN(Cc3nn(C)cc3Cl)CC2)n1. The zero-order chi connectivity index (χ0) is 21.8. The van der Waals surface area contributed by atoms with Crippen LogP contribution < -0.4 is 5.32 Å². The number of aromatic nitrogens is 4. The monoisotopic (exact) mass is 438 g/mol. The van der Waals surface area contributed by atoms with Crippen molar-refractivity contribution in [1.29, 1.82) is 0 Å². The van der Waals surface area contributed by atoms with Crippen molar-refractivity contribution >= 4 is 17.5 Å². The summed E-state index contributed by atoms with van der Waals surface area (Å²) in [6.45, 7) is 5.00. The number of likely N-dealkylation sites (tertiary alicyclic amines) is 1. The Balaban J connectivity index is 1.41. The quantitative estimate of drug-likeness (QED) is 0.637. The number of piperidine rings is 1. The number of carbonyl (C=O) groups is 1. The van der Waals surface area contributed by atoms with Gasteiger partial charge in [0.1, 0.15) is 0 Å². The van der Waals surface area contributed by atoms with Gasteiger partial charge in [-0.3, -0.25) is 24.3 Å². The molecule has 0 saturated carbocycles. The molecule has 0 unspecified atom stereocenters. The van der Waals surface area contributed by atoms with Crippen LogP contribution in [-0.4, -0.2) is 43.6 Å². The van der Waals surface area contributed by atoms with E-state index in [1.807, 2.05) is 44.4 Å². The number of pyridine rings is 2. The predicted molar refractivity (Wildman–Crippen MR) is 120 cm³/mol. The minimum absolute atomic E-state index is 0.0888. The zero-order valence-electron chi connectivity index (χ0n) is 17.9. The molecule has 1 fully saturated rings. The molecule has 3 aromatic heterocycles. The second-order valence-corrected chi connectivity index (χ2v) is 8.48. The van der Waals surface area contributed by atoms with Crippen molar-refractivity contribution in [2.45, 2.75) is 38.8 Å². The third-order valence-electron chi connectivity index (χ3n) is 5.69. The molecule has 1 aliphatic rings. The van der Waals surface area contributed by atoms with Crippen LogP contribution in [0.25, 0.3) is 0 Å². The summed E-state index contributed by atoms with van der Waals surface area (Å²) >= 11 is 6.27. The maximum absolute atomic E-state index is 12.9. The van der Waals surface area contributed by atoms with Gasteiger partial charge >= 0.3 is 0 Å². The smallest absolute Gasteiger partial charge is 0.253 e. The lowest BCUT2D eigenvalue weighted by atomic mass is 9.89. The van der Waals surface area contributed by atoms with E-state index in [1.54, 1.807) is 17.1 Å². The van der Waals surface area contributed by atoms with Crippen LogP contribution in [0.3, 0.4) is 0 Å². The van der Waals surface area contributed by atoms with Crippen molar-refractivity contribution in [3.8, 4) is 0 Å². The number of nitrogens with zero attached hydrogens (tertiary/aromatic N) is 5. The molecular formula is C23H27ClN6O. The first-order chi connectivity index (χ1) is 15.0. The van der Waals surface area contributed by atoms with E-state index in [9.17, 15) is 4.79 Å². The highest BCUT2D eigenvalue weighted by molar-refractivity contribution is 6.31. The first-order valence-corrected chi connectivity index (χ1v) is 10.9. The number of nitrogens with one attached hydrogen (secondary N) is 1. The Labute approximate surface area is 187 Å². The lowest BCUT2D eigenvalue weighted by Crippen LogP contribution is -2.34. The number of hydrogen-bond donors (Lipinski definition) is 1. The molecule has 1 amide bonds. The van der Waals surface area contributed by atoms with Gasteiger partial charge in [0.15, 0.2) is 0 Å². The van der Waals surface area contributed by atoms with Crippen LogP contribution in [0, 0.1) is 6.92 Å². The van der Waals surface area contributed by atoms with Crippen LogP contribution in [0.15, 0.2) is 42.9 Å². The van der Waals surface area contributed by atoms with Crippen LogP contribution in [0.1, 0.15) is 51.8 Å². The molecular weight excluding hydrogens is 412 g/mol. The summed E-state index contributed by atoms with van der Waals surface area (Å²) in [5.74, 6) is 0.170. The van der Waals surface area contributed by atoms with Crippen LogP contribution in [0.5, 0.6) is 0 Å². The fourth-order valence-electron chi connectivity index (χ4n) is 4.05. The molecule has 31 heavy (non-hydrogen) atoms. The molecule has 1 saturated heterocycles. The first-order valence-electron chi connectivity index (χ1n) is 10.5. The lowest BCUT2D eigenvalue weighted by molar-refractivity contribution is 0.0948. The molecule has 1 aliphatic heterocycles. The second-order valence-electron chi connectivity index (χ2n) is 8.08. The van der Waals surface area contributed by atoms with Crippen molar-refractivity contribution in [3.05, 3.63) is 76.1 Å². The van der Waals surface area contributed by atoms with E-state index >= 15 is 0 Å². The van der Waals surface area contributed by atoms with Crippen LogP contribution >= 0.6 is 11.6 Å². The van der Waals surface area contributed by atoms with Gasteiger partial charge in [0.25, 0.3) is 5.91 Å². The first kappa shape index (κ1) is 21.5. The predicted octanol–water partition coefficient (Wildman–Crippen LogP) is 3.48.